The molecule has 1 aromatic heterocycles. The van der Waals surface area contributed by atoms with Crippen molar-refractivity contribution in [1.29, 1.82) is 0 Å². The molecule has 0 bridgehead atoms. The predicted molar refractivity (Wildman–Crippen MR) is 45.8 cm³/mol. The van der Waals surface area contributed by atoms with E-state index in [4.69, 9.17) is 0 Å². The second-order valence-electron chi connectivity index (χ2n) is 2.46. The first-order chi connectivity index (χ1) is 5.74. The lowest BCUT2D eigenvalue weighted by molar-refractivity contribution is 0.195. The molecule has 0 aliphatic rings. The van der Waals surface area contributed by atoms with E-state index in [9.17, 15) is 5.11 Å². The van der Waals surface area contributed by atoms with Gasteiger partial charge in [0.1, 0.15) is 0 Å². The summed E-state index contributed by atoms with van der Waals surface area (Å²) in [7, 11) is 1.78. The van der Waals surface area contributed by atoms with Crippen molar-refractivity contribution in [3.05, 3.63) is 0 Å². The van der Waals surface area contributed by atoms with E-state index in [1.54, 1.807) is 11.7 Å². The largest absolute Gasteiger partial charge is 0.392 e. The first-order valence-electron chi connectivity index (χ1n) is 3.77. The van der Waals surface area contributed by atoms with Crippen molar-refractivity contribution < 1.29 is 5.11 Å². The van der Waals surface area contributed by atoms with Crippen LogP contribution in [0.15, 0.2) is 5.16 Å². The molecule has 1 rings (SSSR count). The number of aromatic nitrogens is 4. The highest BCUT2D eigenvalue weighted by atomic mass is 32.2. The average Bonchev–Trinajstić information content (AvgIpc) is 2.47. The topological polar surface area (TPSA) is 63.8 Å². The number of aliphatic hydroxyl groups is 1. The van der Waals surface area contributed by atoms with E-state index in [0.29, 0.717) is 5.75 Å². The Morgan fingerprint density at radius 3 is 2.92 bits per heavy atom. The van der Waals surface area contributed by atoms with Crippen molar-refractivity contribution in [3.8, 4) is 0 Å². The van der Waals surface area contributed by atoms with Gasteiger partial charge in [0.2, 0.25) is 5.16 Å². The minimum atomic E-state index is -0.272. The highest BCUT2D eigenvalue weighted by Crippen LogP contribution is 2.14. The predicted octanol–water partition coefficient (Wildman–Crippen LogP) is 0.0731. The Balaban J connectivity index is 2.38. The summed E-state index contributed by atoms with van der Waals surface area (Å²) in [5, 5.41) is 20.9. The van der Waals surface area contributed by atoms with E-state index in [-0.39, 0.29) is 6.10 Å². The maximum absolute atomic E-state index is 9.25. The van der Waals surface area contributed by atoms with Gasteiger partial charge in [-0.15, -0.1) is 5.10 Å². The van der Waals surface area contributed by atoms with Gasteiger partial charge >= 0.3 is 0 Å². The lowest BCUT2D eigenvalue weighted by Crippen LogP contribution is -2.08. The number of aliphatic hydroxyl groups excluding tert-OH is 1. The number of hydrogen-bond donors (Lipinski definition) is 1. The van der Waals surface area contributed by atoms with Crippen molar-refractivity contribution in [2.75, 3.05) is 5.75 Å². The maximum Gasteiger partial charge on any atom is 0.209 e. The smallest absolute Gasteiger partial charge is 0.209 e. The van der Waals surface area contributed by atoms with Gasteiger partial charge in [-0.2, -0.15) is 0 Å². The van der Waals surface area contributed by atoms with Crippen LogP contribution in [0.1, 0.15) is 13.3 Å². The van der Waals surface area contributed by atoms with Crippen molar-refractivity contribution in [2.24, 2.45) is 7.05 Å². The minimum absolute atomic E-state index is 0.272. The molecule has 0 aliphatic carbocycles. The number of tetrazole rings is 1. The molecule has 0 radical (unpaired) electrons. The maximum atomic E-state index is 9.25. The highest BCUT2D eigenvalue weighted by molar-refractivity contribution is 7.99. The molecule has 6 heteroatoms. The third kappa shape index (κ3) is 2.46. The first kappa shape index (κ1) is 9.47. The Kier molecular flexibility index (Phi) is 3.48. The van der Waals surface area contributed by atoms with E-state index in [2.05, 4.69) is 15.5 Å². The molecule has 5 nitrogen and oxygen atoms in total. The summed E-state index contributed by atoms with van der Waals surface area (Å²) in [5.41, 5.74) is 0. The van der Waals surface area contributed by atoms with Gasteiger partial charge in [0.05, 0.1) is 6.10 Å². The third-order valence-corrected chi connectivity index (χ3v) is 2.61. The van der Waals surface area contributed by atoms with Crippen LogP contribution < -0.4 is 0 Å². The molecule has 1 unspecified atom stereocenters. The third-order valence-electron chi connectivity index (χ3n) is 1.46. The quantitative estimate of drug-likeness (QED) is 0.678. The Labute approximate surface area is 75.2 Å². The zero-order valence-electron chi connectivity index (χ0n) is 7.14. The lowest BCUT2D eigenvalue weighted by atomic mass is 10.3. The van der Waals surface area contributed by atoms with Crippen LogP contribution in [-0.4, -0.2) is 37.2 Å². The summed E-state index contributed by atoms with van der Waals surface area (Å²) in [6, 6.07) is 0. The fourth-order valence-corrected chi connectivity index (χ4v) is 1.53. The van der Waals surface area contributed by atoms with Crippen LogP contribution in [0.2, 0.25) is 0 Å². The van der Waals surface area contributed by atoms with E-state index in [0.717, 1.165) is 11.6 Å². The fraction of sp³-hybridized carbons (Fsp3) is 0.833. The van der Waals surface area contributed by atoms with Gasteiger partial charge in [0.25, 0.3) is 0 Å². The number of hydrogen-bond acceptors (Lipinski definition) is 5. The second-order valence-corrected chi connectivity index (χ2v) is 3.45. The average molecular weight is 188 g/mol. The molecular formula is C6H12N4OS. The van der Waals surface area contributed by atoms with Crippen molar-refractivity contribution in [1.82, 2.24) is 20.2 Å². The molecule has 0 fully saturated rings. The lowest BCUT2D eigenvalue weighted by Gasteiger charge is -2.04. The van der Waals surface area contributed by atoms with Gasteiger partial charge in [0, 0.05) is 12.8 Å². The van der Waals surface area contributed by atoms with Gasteiger partial charge in [0.15, 0.2) is 0 Å². The molecule has 68 valence electrons. The Morgan fingerprint density at radius 2 is 2.42 bits per heavy atom. The van der Waals surface area contributed by atoms with E-state index < -0.39 is 0 Å². The van der Waals surface area contributed by atoms with E-state index >= 15 is 0 Å². The summed E-state index contributed by atoms with van der Waals surface area (Å²) in [4.78, 5) is 0. The summed E-state index contributed by atoms with van der Waals surface area (Å²) in [5.74, 6) is 0.644. The Bertz CT molecular complexity index is 239. The molecule has 0 aliphatic heterocycles. The van der Waals surface area contributed by atoms with Crippen LogP contribution in [0.25, 0.3) is 0 Å². The zero-order chi connectivity index (χ0) is 8.97. The molecule has 0 amide bonds. The highest BCUT2D eigenvalue weighted by Gasteiger charge is 2.06. The summed E-state index contributed by atoms with van der Waals surface area (Å²) >= 11 is 1.46. The monoisotopic (exact) mass is 188 g/mol. The molecule has 0 saturated carbocycles. The van der Waals surface area contributed by atoms with Gasteiger partial charge < -0.3 is 5.11 Å². The van der Waals surface area contributed by atoms with Crippen molar-refractivity contribution in [2.45, 2.75) is 24.6 Å². The number of rotatable bonds is 4. The SMILES string of the molecule is CCC(O)CSc1nnnn1C. The first-order valence-corrected chi connectivity index (χ1v) is 4.75. The molecule has 0 spiro atoms. The Morgan fingerprint density at radius 1 is 1.67 bits per heavy atom. The van der Waals surface area contributed by atoms with Crippen molar-refractivity contribution in [3.63, 3.8) is 0 Å². The zero-order valence-corrected chi connectivity index (χ0v) is 7.95. The van der Waals surface area contributed by atoms with Crippen LogP contribution in [0.3, 0.4) is 0 Å². The van der Waals surface area contributed by atoms with Crippen LogP contribution in [0, 0.1) is 0 Å². The molecular weight excluding hydrogens is 176 g/mol. The number of aryl methyl sites for hydroxylation is 1. The molecule has 1 heterocycles. The molecule has 1 N–H and O–H groups in total. The van der Waals surface area contributed by atoms with Gasteiger partial charge in [-0.3, -0.25) is 0 Å². The van der Waals surface area contributed by atoms with Crippen LogP contribution >= 0.6 is 11.8 Å². The van der Waals surface area contributed by atoms with E-state index in [1.165, 1.54) is 11.8 Å². The fourth-order valence-electron chi connectivity index (χ4n) is 0.632. The standard InChI is InChI=1S/C6H12N4OS/c1-3-5(11)4-12-6-7-8-9-10(6)2/h5,11H,3-4H2,1-2H3. The van der Waals surface area contributed by atoms with E-state index in [1.807, 2.05) is 6.92 Å². The van der Waals surface area contributed by atoms with Crippen LogP contribution in [0.5, 0.6) is 0 Å². The normalized spacial score (nSPS) is 13.2. The number of nitrogens with zero attached hydrogens (tertiary/aromatic N) is 4. The summed E-state index contributed by atoms with van der Waals surface area (Å²) < 4.78 is 1.59. The van der Waals surface area contributed by atoms with Crippen molar-refractivity contribution >= 4 is 11.8 Å². The van der Waals surface area contributed by atoms with Gasteiger partial charge in [-0.1, -0.05) is 18.7 Å². The molecule has 0 saturated heterocycles. The van der Waals surface area contributed by atoms with Crippen LogP contribution in [-0.2, 0) is 7.05 Å². The second kappa shape index (κ2) is 4.42. The number of thioether (sulfide) groups is 1. The minimum Gasteiger partial charge on any atom is -0.392 e. The molecule has 12 heavy (non-hydrogen) atoms. The van der Waals surface area contributed by atoms with Gasteiger partial charge in [-0.25, -0.2) is 4.68 Å². The van der Waals surface area contributed by atoms with Gasteiger partial charge in [-0.05, 0) is 16.8 Å². The summed E-state index contributed by atoms with van der Waals surface area (Å²) in [6.07, 6.45) is 0.491. The molecule has 1 aromatic rings. The molecule has 1 atom stereocenters. The summed E-state index contributed by atoms with van der Waals surface area (Å²) in [6.45, 7) is 1.94. The molecule has 0 aromatic carbocycles. The van der Waals surface area contributed by atoms with Crippen LogP contribution in [0.4, 0.5) is 0 Å². The Hall–Kier alpha value is -0.620.